The summed E-state index contributed by atoms with van der Waals surface area (Å²) in [7, 11) is 6.63. The predicted molar refractivity (Wildman–Crippen MR) is 298 cm³/mol. The van der Waals surface area contributed by atoms with Crippen molar-refractivity contribution < 1.29 is 33.5 Å². The van der Waals surface area contributed by atoms with Gasteiger partial charge in [0.05, 0.1) is 52.1 Å². The number of rotatable bonds is 20. The van der Waals surface area contributed by atoms with E-state index in [-0.39, 0.29) is 19.8 Å². The first-order valence-corrected chi connectivity index (χ1v) is 24.4. The molecular weight excluding hydrogens is 923 g/mol. The molecule has 0 saturated carbocycles. The fraction of sp³-hybridized carbons (Fsp3) is 0.156. The Morgan fingerprint density at radius 2 is 0.581 bits per heavy atom. The lowest BCUT2D eigenvalue weighted by Gasteiger charge is -2.27. The second-order valence-electron chi connectivity index (χ2n) is 18.1. The van der Waals surface area contributed by atoms with Crippen molar-refractivity contribution in [2.24, 2.45) is 0 Å². The maximum Gasteiger partial charge on any atom is 0.125 e. The second-order valence-corrected chi connectivity index (χ2v) is 18.1. The zero-order chi connectivity index (χ0) is 51.6. The molecule has 0 heterocycles. The first kappa shape index (κ1) is 50.1. The molecule has 9 aromatic rings. The quantitative estimate of drug-likeness (QED) is 0.0797. The Balaban J connectivity index is 1.08. The van der Waals surface area contributed by atoms with E-state index in [0.717, 1.165) is 84.6 Å². The van der Waals surface area contributed by atoms with Gasteiger partial charge in [-0.1, -0.05) is 89.5 Å². The largest absolute Gasteiger partial charge is 0.497 e. The van der Waals surface area contributed by atoms with Gasteiger partial charge in [0.1, 0.15) is 47.7 Å². The van der Waals surface area contributed by atoms with Gasteiger partial charge in [0.25, 0.3) is 0 Å². The third-order valence-corrected chi connectivity index (χ3v) is 12.7. The number of anilines is 9. The first-order valence-electron chi connectivity index (χ1n) is 24.4. The van der Waals surface area contributed by atoms with Gasteiger partial charge in [-0.2, -0.15) is 0 Å². The minimum Gasteiger partial charge on any atom is -0.497 e. The molecule has 9 aromatic carbocycles. The van der Waals surface area contributed by atoms with Gasteiger partial charge >= 0.3 is 0 Å². The number of aryl methyl sites for hydroxylation is 3. The van der Waals surface area contributed by atoms with Crippen LogP contribution in [0.4, 0.5) is 51.2 Å². The number of aliphatic hydroxyl groups excluding tert-OH is 1. The maximum atomic E-state index is 10.3. The third-order valence-electron chi connectivity index (χ3n) is 12.7. The second kappa shape index (κ2) is 23.1. The average Bonchev–Trinajstić information content (AvgIpc) is 3.44. The van der Waals surface area contributed by atoms with Crippen LogP contribution >= 0.6 is 0 Å². The summed E-state index contributed by atoms with van der Waals surface area (Å²) in [5, 5.41) is 10.3. The predicted octanol–water partition coefficient (Wildman–Crippen LogP) is 15.7. The molecule has 74 heavy (non-hydrogen) atoms. The lowest BCUT2D eigenvalue weighted by atomic mass is 10.1. The summed E-state index contributed by atoms with van der Waals surface area (Å²) in [6.07, 6.45) is 0. The standard InChI is InChI=1S/C64H61N3O7/c1-44-17-23-50(24-18-44)65(53-14-8-11-47(29-53)41-68)58-36-63(73-42-48-12-9-15-54(30-48)66(51-25-19-45(2)20-26-51)56-32-59(69-4)38-60(33-56)70-5)40-64(37-58)74-43-49-13-10-16-55(31-49)67(52-27-21-46(3)22-28-52)57-34-61(71-6)39-62(35-57)72-7/h8-40,68H,41-43H2,1-7H3. The average molecular weight is 984 g/mol. The lowest BCUT2D eigenvalue weighted by molar-refractivity contribution is 0.282. The Bertz CT molecular complexity index is 3110. The number of aliphatic hydroxyl groups is 1. The molecule has 0 bridgehead atoms. The van der Waals surface area contributed by atoms with Crippen LogP contribution in [0.15, 0.2) is 200 Å². The number of nitrogens with zero attached hydrogens (tertiary/aromatic N) is 3. The molecule has 9 rings (SSSR count). The highest BCUT2D eigenvalue weighted by atomic mass is 16.5. The fourth-order valence-electron chi connectivity index (χ4n) is 8.82. The van der Waals surface area contributed by atoms with E-state index in [1.165, 1.54) is 0 Å². The van der Waals surface area contributed by atoms with Crippen molar-refractivity contribution in [1.29, 1.82) is 0 Å². The topological polar surface area (TPSA) is 85.3 Å². The monoisotopic (exact) mass is 983 g/mol. The van der Waals surface area contributed by atoms with E-state index in [2.05, 4.69) is 145 Å². The lowest BCUT2D eigenvalue weighted by Crippen LogP contribution is -2.12. The number of hydrogen-bond acceptors (Lipinski definition) is 10. The van der Waals surface area contributed by atoms with E-state index < -0.39 is 0 Å². The molecule has 0 spiro atoms. The van der Waals surface area contributed by atoms with Crippen LogP contribution < -0.4 is 43.1 Å². The zero-order valence-electron chi connectivity index (χ0n) is 42.9. The van der Waals surface area contributed by atoms with E-state index in [4.69, 9.17) is 28.4 Å². The van der Waals surface area contributed by atoms with Crippen LogP contribution in [-0.2, 0) is 19.8 Å². The molecule has 0 saturated heterocycles. The molecule has 0 radical (unpaired) electrons. The van der Waals surface area contributed by atoms with Gasteiger partial charge in [0.15, 0.2) is 0 Å². The number of benzene rings is 9. The van der Waals surface area contributed by atoms with Crippen LogP contribution in [0.25, 0.3) is 0 Å². The molecule has 0 aromatic heterocycles. The molecule has 10 nitrogen and oxygen atoms in total. The summed E-state index contributed by atoms with van der Waals surface area (Å²) in [5.74, 6) is 3.95. The summed E-state index contributed by atoms with van der Waals surface area (Å²) in [5.41, 5.74) is 14.4. The Labute approximate surface area is 434 Å². The highest BCUT2D eigenvalue weighted by molar-refractivity contribution is 5.81. The minimum atomic E-state index is -0.0926. The van der Waals surface area contributed by atoms with Gasteiger partial charge in [-0.15, -0.1) is 0 Å². The van der Waals surface area contributed by atoms with Crippen molar-refractivity contribution >= 4 is 51.2 Å². The summed E-state index contributed by atoms with van der Waals surface area (Å²) in [6.45, 7) is 6.67. The van der Waals surface area contributed by atoms with Gasteiger partial charge in [0, 0.05) is 88.7 Å². The molecule has 374 valence electrons. The van der Waals surface area contributed by atoms with Crippen molar-refractivity contribution in [1.82, 2.24) is 0 Å². The van der Waals surface area contributed by atoms with E-state index in [1.807, 2.05) is 91.0 Å². The number of methoxy groups -OCH3 is 4. The Morgan fingerprint density at radius 3 is 0.892 bits per heavy atom. The molecule has 0 amide bonds. The summed E-state index contributed by atoms with van der Waals surface area (Å²) >= 11 is 0. The maximum absolute atomic E-state index is 10.3. The minimum absolute atomic E-state index is 0.0926. The Morgan fingerprint density at radius 1 is 0.297 bits per heavy atom. The van der Waals surface area contributed by atoms with Crippen LogP contribution in [0.3, 0.4) is 0 Å². The molecule has 0 unspecified atom stereocenters. The first-order chi connectivity index (χ1) is 36.1. The van der Waals surface area contributed by atoms with Crippen LogP contribution in [-0.4, -0.2) is 33.5 Å². The molecular formula is C64H61N3O7. The molecule has 0 aliphatic carbocycles. The summed E-state index contributed by atoms with van der Waals surface area (Å²) in [6, 6.07) is 67.6. The smallest absolute Gasteiger partial charge is 0.125 e. The van der Waals surface area contributed by atoms with E-state index >= 15 is 0 Å². The highest BCUT2D eigenvalue weighted by Crippen LogP contribution is 2.43. The van der Waals surface area contributed by atoms with Crippen LogP contribution in [0, 0.1) is 20.8 Å². The Hall–Kier alpha value is -8.86. The van der Waals surface area contributed by atoms with Crippen molar-refractivity contribution in [2.75, 3.05) is 43.1 Å². The van der Waals surface area contributed by atoms with Gasteiger partial charge < -0.3 is 48.2 Å². The Kier molecular flexibility index (Phi) is 15.7. The van der Waals surface area contributed by atoms with Crippen LogP contribution in [0.1, 0.15) is 33.4 Å². The van der Waals surface area contributed by atoms with E-state index in [9.17, 15) is 5.11 Å². The SMILES string of the molecule is COc1cc(OC)cc(N(c2ccc(C)cc2)c2cccc(COc3cc(OCc4cccc(N(c5ccc(C)cc5)c5cc(OC)cc(OC)c5)c4)cc(N(c4ccc(C)cc4)c4cccc(CO)c4)c3)c2)c1. The molecule has 10 heteroatoms. The fourth-order valence-corrected chi connectivity index (χ4v) is 8.82. The number of hydrogen-bond donors (Lipinski definition) is 1. The van der Waals surface area contributed by atoms with Crippen LogP contribution in [0.5, 0.6) is 34.5 Å². The summed E-state index contributed by atoms with van der Waals surface area (Å²) < 4.78 is 36.4. The molecule has 1 N–H and O–H groups in total. The molecule has 0 fully saturated rings. The number of ether oxygens (including phenoxy) is 6. The molecule has 0 atom stereocenters. The van der Waals surface area contributed by atoms with Crippen molar-refractivity contribution in [3.05, 3.63) is 234 Å². The summed E-state index contributed by atoms with van der Waals surface area (Å²) in [4.78, 5) is 6.52. The zero-order valence-corrected chi connectivity index (χ0v) is 42.9. The van der Waals surface area contributed by atoms with Gasteiger partial charge in [-0.3, -0.25) is 0 Å². The van der Waals surface area contributed by atoms with Gasteiger partial charge in [-0.05, 0) is 110 Å². The van der Waals surface area contributed by atoms with Gasteiger partial charge in [-0.25, -0.2) is 0 Å². The molecule has 0 aliphatic heterocycles. The molecule has 0 aliphatic rings. The van der Waals surface area contributed by atoms with Crippen molar-refractivity contribution in [2.45, 2.75) is 40.6 Å². The van der Waals surface area contributed by atoms with E-state index in [0.29, 0.717) is 34.5 Å². The van der Waals surface area contributed by atoms with Crippen molar-refractivity contribution in [3.8, 4) is 34.5 Å². The normalized spacial score (nSPS) is 10.9. The highest BCUT2D eigenvalue weighted by Gasteiger charge is 2.20. The van der Waals surface area contributed by atoms with Crippen LogP contribution in [0.2, 0.25) is 0 Å². The van der Waals surface area contributed by atoms with Crippen molar-refractivity contribution in [3.63, 3.8) is 0 Å². The van der Waals surface area contributed by atoms with E-state index in [1.54, 1.807) is 28.4 Å². The van der Waals surface area contributed by atoms with Gasteiger partial charge in [0.2, 0.25) is 0 Å². The third kappa shape index (κ3) is 11.9.